The lowest BCUT2D eigenvalue weighted by atomic mass is 10.0. The smallest absolute Gasteiger partial charge is 0.163 e. The maximum absolute atomic E-state index is 11.9. The number of aromatic nitrogens is 1. The van der Waals surface area contributed by atoms with Gasteiger partial charge in [0.2, 0.25) is 0 Å². The van der Waals surface area contributed by atoms with Crippen molar-refractivity contribution < 1.29 is 4.79 Å². The Hall–Kier alpha value is -1.57. The highest BCUT2D eigenvalue weighted by Crippen LogP contribution is 2.25. The fraction of sp³-hybridized carbons (Fsp3) is 0.357. The van der Waals surface area contributed by atoms with Gasteiger partial charge in [-0.1, -0.05) is 26.0 Å². The van der Waals surface area contributed by atoms with Crippen molar-refractivity contribution in [2.75, 3.05) is 0 Å². The lowest BCUT2D eigenvalue weighted by molar-refractivity contribution is 0.0989. The first kappa shape index (κ1) is 10.9. The van der Waals surface area contributed by atoms with Gasteiger partial charge in [-0.05, 0) is 18.1 Å². The molecule has 0 saturated carbocycles. The molecule has 16 heavy (non-hydrogen) atoms. The molecule has 2 aromatic rings. The highest BCUT2D eigenvalue weighted by molar-refractivity contribution is 6.08. The van der Waals surface area contributed by atoms with Crippen LogP contribution < -0.4 is 0 Å². The number of carbonyl (C=O) groups excluding carboxylic acids is 1. The minimum atomic E-state index is 0.228. The van der Waals surface area contributed by atoms with Gasteiger partial charge in [0, 0.05) is 36.1 Å². The third-order valence-corrected chi connectivity index (χ3v) is 3.10. The molecule has 0 radical (unpaired) electrons. The molecule has 0 amide bonds. The lowest BCUT2D eigenvalue weighted by Gasteiger charge is -2.03. The van der Waals surface area contributed by atoms with Crippen molar-refractivity contribution in [2.24, 2.45) is 7.05 Å². The Morgan fingerprint density at radius 1 is 1.31 bits per heavy atom. The first-order valence-electron chi connectivity index (χ1n) is 5.79. The van der Waals surface area contributed by atoms with Gasteiger partial charge >= 0.3 is 0 Å². The largest absolute Gasteiger partial charge is 0.350 e. The molecule has 0 bridgehead atoms. The molecule has 1 aromatic heterocycles. The van der Waals surface area contributed by atoms with Gasteiger partial charge in [-0.15, -0.1) is 0 Å². The van der Waals surface area contributed by atoms with Crippen LogP contribution in [0.1, 0.15) is 36.2 Å². The molecular weight excluding hydrogens is 198 g/mol. The summed E-state index contributed by atoms with van der Waals surface area (Å²) >= 11 is 0. The maximum atomic E-state index is 11.9. The predicted molar refractivity (Wildman–Crippen MR) is 66.9 cm³/mol. The summed E-state index contributed by atoms with van der Waals surface area (Å²) < 4.78 is 2.10. The Balaban J connectivity index is 2.79. The average molecular weight is 215 g/mol. The molecule has 0 spiro atoms. The molecule has 2 rings (SSSR count). The molecule has 0 fully saturated rings. The van der Waals surface area contributed by atoms with Crippen molar-refractivity contribution in [3.63, 3.8) is 0 Å². The summed E-state index contributed by atoms with van der Waals surface area (Å²) in [5, 5.41) is 1.14. The van der Waals surface area contributed by atoms with E-state index in [1.54, 1.807) is 0 Å². The van der Waals surface area contributed by atoms with Crippen molar-refractivity contribution in [2.45, 2.75) is 26.7 Å². The third kappa shape index (κ3) is 1.54. The maximum Gasteiger partial charge on any atom is 0.163 e. The summed E-state index contributed by atoms with van der Waals surface area (Å²) in [6.07, 6.45) is 3.65. The van der Waals surface area contributed by atoms with Crippen LogP contribution in [-0.4, -0.2) is 10.4 Å². The molecular formula is C14H17NO. The molecule has 1 heterocycles. The van der Waals surface area contributed by atoms with Crippen molar-refractivity contribution in [1.29, 1.82) is 0 Å². The van der Waals surface area contributed by atoms with E-state index in [1.807, 2.05) is 26.1 Å². The number of rotatable bonds is 3. The number of nitrogens with zero attached hydrogens (tertiary/aromatic N) is 1. The normalized spacial score (nSPS) is 10.9. The fourth-order valence-corrected chi connectivity index (χ4v) is 2.23. The van der Waals surface area contributed by atoms with Gasteiger partial charge in [0.15, 0.2) is 5.78 Å². The Kier molecular flexibility index (Phi) is 2.82. The zero-order valence-corrected chi connectivity index (χ0v) is 10.1. The predicted octanol–water partition coefficient (Wildman–Crippen LogP) is 3.33. The molecule has 0 N–H and O–H groups in total. The molecule has 0 atom stereocenters. The number of carbonyl (C=O) groups is 1. The second kappa shape index (κ2) is 4.12. The van der Waals surface area contributed by atoms with E-state index in [0.717, 1.165) is 22.9 Å². The van der Waals surface area contributed by atoms with Gasteiger partial charge in [-0.25, -0.2) is 0 Å². The summed E-state index contributed by atoms with van der Waals surface area (Å²) in [6.45, 7) is 4.04. The second-order valence-corrected chi connectivity index (χ2v) is 4.10. The van der Waals surface area contributed by atoms with Crippen LogP contribution in [-0.2, 0) is 13.5 Å². The van der Waals surface area contributed by atoms with E-state index in [1.165, 1.54) is 5.56 Å². The minimum absolute atomic E-state index is 0.228. The van der Waals surface area contributed by atoms with Crippen molar-refractivity contribution in [3.8, 4) is 0 Å². The standard InChI is InChI=1S/C14H17NO/c1-4-10-9-15(3)12-8-6-7-11(14(10)12)13(16)5-2/h6-9H,4-5H2,1-3H3. The SMILES string of the molecule is CCC(=O)c1cccc2c1c(CC)cn2C. The monoisotopic (exact) mass is 215 g/mol. The van der Waals surface area contributed by atoms with Crippen molar-refractivity contribution in [1.82, 2.24) is 4.57 Å². The van der Waals surface area contributed by atoms with Crippen LogP contribution in [0.15, 0.2) is 24.4 Å². The molecule has 84 valence electrons. The molecule has 2 heteroatoms. The molecule has 2 nitrogen and oxygen atoms in total. The first-order valence-corrected chi connectivity index (χ1v) is 5.79. The molecule has 0 saturated heterocycles. The van der Waals surface area contributed by atoms with Gasteiger partial charge in [0.05, 0.1) is 0 Å². The number of benzene rings is 1. The van der Waals surface area contributed by atoms with Crippen LogP contribution in [0.2, 0.25) is 0 Å². The van der Waals surface area contributed by atoms with Crippen LogP contribution in [0, 0.1) is 0 Å². The molecule has 0 aliphatic heterocycles. The summed E-state index contributed by atoms with van der Waals surface area (Å²) in [5.74, 6) is 0.228. The zero-order chi connectivity index (χ0) is 11.7. The van der Waals surface area contributed by atoms with Crippen molar-refractivity contribution in [3.05, 3.63) is 35.5 Å². The second-order valence-electron chi connectivity index (χ2n) is 4.10. The van der Waals surface area contributed by atoms with E-state index in [4.69, 9.17) is 0 Å². The lowest BCUT2D eigenvalue weighted by Crippen LogP contribution is -1.98. The highest BCUT2D eigenvalue weighted by atomic mass is 16.1. The van der Waals surface area contributed by atoms with Crippen LogP contribution >= 0.6 is 0 Å². The van der Waals surface area contributed by atoms with Crippen LogP contribution in [0.5, 0.6) is 0 Å². The minimum Gasteiger partial charge on any atom is -0.350 e. The van der Waals surface area contributed by atoms with E-state index in [-0.39, 0.29) is 5.78 Å². The molecule has 0 unspecified atom stereocenters. The Morgan fingerprint density at radius 3 is 2.69 bits per heavy atom. The van der Waals surface area contributed by atoms with Gasteiger partial charge in [0.1, 0.15) is 0 Å². The van der Waals surface area contributed by atoms with E-state index < -0.39 is 0 Å². The summed E-state index contributed by atoms with van der Waals surface area (Å²) in [5.41, 5.74) is 3.28. The number of hydrogen-bond donors (Lipinski definition) is 0. The van der Waals surface area contributed by atoms with E-state index in [9.17, 15) is 4.79 Å². The average Bonchev–Trinajstić information content (AvgIpc) is 2.65. The van der Waals surface area contributed by atoms with Crippen LogP contribution in [0.4, 0.5) is 0 Å². The summed E-state index contributed by atoms with van der Waals surface area (Å²) in [6, 6.07) is 5.97. The molecule has 1 aromatic carbocycles. The quantitative estimate of drug-likeness (QED) is 0.720. The Morgan fingerprint density at radius 2 is 2.06 bits per heavy atom. The van der Waals surface area contributed by atoms with Gasteiger partial charge in [-0.3, -0.25) is 4.79 Å². The van der Waals surface area contributed by atoms with Crippen molar-refractivity contribution >= 4 is 16.7 Å². The zero-order valence-electron chi connectivity index (χ0n) is 10.1. The van der Waals surface area contributed by atoms with Gasteiger partial charge in [0.25, 0.3) is 0 Å². The Labute approximate surface area is 95.9 Å². The van der Waals surface area contributed by atoms with Gasteiger partial charge in [-0.2, -0.15) is 0 Å². The topological polar surface area (TPSA) is 22.0 Å². The van der Waals surface area contributed by atoms with E-state index in [2.05, 4.69) is 23.8 Å². The number of aryl methyl sites for hydroxylation is 2. The van der Waals surface area contributed by atoms with E-state index in [0.29, 0.717) is 6.42 Å². The Bertz CT molecular complexity index is 537. The first-order chi connectivity index (χ1) is 7.69. The molecule has 0 aliphatic carbocycles. The third-order valence-electron chi connectivity index (χ3n) is 3.10. The van der Waals surface area contributed by atoms with Gasteiger partial charge < -0.3 is 4.57 Å². The summed E-state index contributed by atoms with van der Waals surface area (Å²) in [7, 11) is 2.03. The fourth-order valence-electron chi connectivity index (χ4n) is 2.23. The van der Waals surface area contributed by atoms with Crippen LogP contribution in [0.3, 0.4) is 0 Å². The highest BCUT2D eigenvalue weighted by Gasteiger charge is 2.13. The number of fused-ring (bicyclic) bond motifs is 1. The number of hydrogen-bond acceptors (Lipinski definition) is 1. The number of ketones is 1. The van der Waals surface area contributed by atoms with Crippen LogP contribution in [0.25, 0.3) is 10.9 Å². The molecule has 0 aliphatic rings. The number of Topliss-reactive ketones (excluding diaryl/α,β-unsaturated/α-hetero) is 1. The summed E-state index contributed by atoms with van der Waals surface area (Å²) in [4.78, 5) is 11.9. The van der Waals surface area contributed by atoms with E-state index >= 15 is 0 Å².